The molecule has 0 bridgehead atoms. The summed E-state index contributed by atoms with van der Waals surface area (Å²) in [5.74, 6) is 0.0660. The topological polar surface area (TPSA) is 64.0 Å². The molecule has 9 heteroatoms. The van der Waals surface area contributed by atoms with E-state index in [1.54, 1.807) is 42.6 Å². The molecule has 27 heavy (non-hydrogen) atoms. The fourth-order valence-electron chi connectivity index (χ4n) is 2.46. The quantitative estimate of drug-likeness (QED) is 0.564. The summed E-state index contributed by atoms with van der Waals surface area (Å²) in [6.07, 6.45) is 2.38. The lowest BCUT2D eigenvalue weighted by Gasteiger charge is -2.07. The second-order valence-electron chi connectivity index (χ2n) is 5.87. The predicted molar refractivity (Wildman–Crippen MR) is 109 cm³/mol. The van der Waals surface area contributed by atoms with Crippen molar-refractivity contribution in [3.8, 4) is 0 Å². The van der Waals surface area contributed by atoms with Crippen LogP contribution in [0.1, 0.15) is 18.1 Å². The Labute approximate surface area is 172 Å². The molecule has 0 atom stereocenters. The van der Waals surface area contributed by atoms with E-state index in [1.807, 2.05) is 13.0 Å². The average molecular weight is 445 g/mol. The number of aromatic nitrogens is 2. The molecule has 0 amide bonds. The monoisotopic (exact) mass is 443 g/mol. The summed E-state index contributed by atoms with van der Waals surface area (Å²) in [4.78, 5) is 0.148. The summed E-state index contributed by atoms with van der Waals surface area (Å²) >= 11 is 18.1. The van der Waals surface area contributed by atoms with Crippen LogP contribution in [0.3, 0.4) is 0 Å². The number of hydrogen-bond acceptors (Lipinski definition) is 3. The molecule has 0 aliphatic rings. The van der Waals surface area contributed by atoms with Gasteiger partial charge < -0.3 is 0 Å². The van der Waals surface area contributed by atoms with Crippen molar-refractivity contribution in [3.05, 3.63) is 74.9 Å². The number of sulfonamides is 1. The zero-order chi connectivity index (χ0) is 19.6. The Bertz CT molecular complexity index is 1060. The molecule has 0 aliphatic carbocycles. The molecule has 2 aromatic carbocycles. The standard InChI is InChI=1S/C18H16Cl3N3O2S/c1-2-12-3-6-14(7-4-12)27(25,26)23-18-17(21)11-24(22-18)10-13-5-8-15(19)16(20)9-13/h3-9,11H,2,10H2,1H3,(H,22,23). The SMILES string of the molecule is CCc1ccc(S(=O)(=O)Nc2nn(Cc3ccc(Cl)c(Cl)c3)cc2Cl)cc1. The van der Waals surface area contributed by atoms with Gasteiger partial charge in [0.25, 0.3) is 10.0 Å². The maximum Gasteiger partial charge on any atom is 0.263 e. The van der Waals surface area contributed by atoms with Crippen molar-refractivity contribution in [2.75, 3.05) is 4.72 Å². The van der Waals surface area contributed by atoms with Gasteiger partial charge in [0.2, 0.25) is 0 Å². The first kappa shape index (κ1) is 20.0. The molecule has 0 unspecified atom stereocenters. The fourth-order valence-corrected chi connectivity index (χ4v) is 4.05. The van der Waals surface area contributed by atoms with Crippen molar-refractivity contribution in [2.45, 2.75) is 24.8 Å². The molecule has 0 fully saturated rings. The summed E-state index contributed by atoms with van der Waals surface area (Å²) in [5.41, 5.74) is 1.91. The van der Waals surface area contributed by atoms with Gasteiger partial charge in [-0.25, -0.2) is 8.42 Å². The number of aryl methyl sites for hydroxylation is 1. The highest BCUT2D eigenvalue weighted by molar-refractivity contribution is 7.92. The largest absolute Gasteiger partial charge is 0.265 e. The smallest absolute Gasteiger partial charge is 0.263 e. The molecule has 0 radical (unpaired) electrons. The lowest BCUT2D eigenvalue weighted by molar-refractivity contribution is 0.600. The zero-order valence-corrected chi connectivity index (χ0v) is 17.4. The Kier molecular flexibility index (Phi) is 6.01. The maximum absolute atomic E-state index is 12.6. The van der Waals surface area contributed by atoms with Crippen molar-refractivity contribution in [1.82, 2.24) is 9.78 Å². The summed E-state index contributed by atoms with van der Waals surface area (Å²) in [5, 5.41) is 5.31. The zero-order valence-electron chi connectivity index (χ0n) is 14.3. The number of benzene rings is 2. The lowest BCUT2D eigenvalue weighted by Crippen LogP contribution is -2.14. The van der Waals surface area contributed by atoms with Gasteiger partial charge in [0.15, 0.2) is 5.82 Å². The van der Waals surface area contributed by atoms with E-state index in [2.05, 4.69) is 9.82 Å². The van der Waals surface area contributed by atoms with Gasteiger partial charge in [-0.1, -0.05) is 59.9 Å². The Hall–Kier alpha value is -1.73. The van der Waals surface area contributed by atoms with Crippen LogP contribution in [0.2, 0.25) is 15.1 Å². The van der Waals surface area contributed by atoms with Crippen LogP contribution in [-0.4, -0.2) is 18.2 Å². The molecule has 1 N–H and O–H groups in total. The molecule has 142 valence electrons. The first-order chi connectivity index (χ1) is 12.8. The van der Waals surface area contributed by atoms with Gasteiger partial charge in [0.05, 0.1) is 21.5 Å². The highest BCUT2D eigenvalue weighted by atomic mass is 35.5. The van der Waals surface area contributed by atoms with Crippen molar-refractivity contribution in [1.29, 1.82) is 0 Å². The molecule has 5 nitrogen and oxygen atoms in total. The summed E-state index contributed by atoms with van der Waals surface area (Å²) in [6.45, 7) is 2.37. The van der Waals surface area contributed by atoms with E-state index in [9.17, 15) is 8.42 Å². The molecule has 0 aliphatic heterocycles. The van der Waals surface area contributed by atoms with E-state index in [0.29, 0.717) is 16.6 Å². The summed E-state index contributed by atoms with van der Waals surface area (Å²) in [6, 6.07) is 11.9. The molecule has 3 rings (SSSR count). The second kappa shape index (κ2) is 8.10. The Morgan fingerprint density at radius 2 is 1.63 bits per heavy atom. The summed E-state index contributed by atoms with van der Waals surface area (Å²) < 4.78 is 29.1. The van der Waals surface area contributed by atoms with E-state index < -0.39 is 10.0 Å². The number of halogens is 3. The number of anilines is 1. The molecule has 0 saturated carbocycles. The molecular weight excluding hydrogens is 429 g/mol. The van der Waals surface area contributed by atoms with Gasteiger partial charge in [-0.15, -0.1) is 0 Å². The van der Waals surface area contributed by atoms with Gasteiger partial charge in [0, 0.05) is 6.20 Å². The van der Waals surface area contributed by atoms with Crippen LogP contribution in [0.15, 0.2) is 53.6 Å². The van der Waals surface area contributed by atoms with Crippen molar-refractivity contribution in [3.63, 3.8) is 0 Å². The average Bonchev–Trinajstić information content (AvgIpc) is 2.96. The van der Waals surface area contributed by atoms with Crippen molar-refractivity contribution in [2.24, 2.45) is 0 Å². The molecule has 1 heterocycles. The van der Waals surface area contributed by atoms with E-state index in [-0.39, 0.29) is 15.7 Å². The van der Waals surface area contributed by atoms with Crippen LogP contribution in [0.25, 0.3) is 0 Å². The minimum absolute atomic E-state index is 0.0660. The third kappa shape index (κ3) is 4.76. The molecule has 3 aromatic rings. The van der Waals surface area contributed by atoms with Crippen LogP contribution in [-0.2, 0) is 23.0 Å². The molecule has 1 aromatic heterocycles. The summed E-state index contributed by atoms with van der Waals surface area (Å²) in [7, 11) is -3.78. The van der Waals surface area contributed by atoms with Gasteiger partial charge in [-0.3, -0.25) is 9.40 Å². The number of hydrogen-bond donors (Lipinski definition) is 1. The van der Waals surface area contributed by atoms with Gasteiger partial charge in [-0.05, 0) is 41.8 Å². The Morgan fingerprint density at radius 1 is 0.963 bits per heavy atom. The predicted octanol–water partition coefficient (Wildman–Crippen LogP) is 5.25. The first-order valence-electron chi connectivity index (χ1n) is 8.07. The fraction of sp³-hybridized carbons (Fsp3) is 0.167. The third-order valence-electron chi connectivity index (χ3n) is 3.92. The van der Waals surface area contributed by atoms with E-state index in [1.165, 1.54) is 4.68 Å². The lowest BCUT2D eigenvalue weighted by atomic mass is 10.2. The minimum Gasteiger partial charge on any atom is -0.265 e. The van der Waals surface area contributed by atoms with Gasteiger partial charge in [0.1, 0.15) is 5.02 Å². The maximum atomic E-state index is 12.6. The second-order valence-corrected chi connectivity index (χ2v) is 8.78. The molecule has 0 saturated heterocycles. The normalized spacial score (nSPS) is 11.6. The number of rotatable bonds is 6. The molecule has 0 spiro atoms. The van der Waals surface area contributed by atoms with Crippen molar-refractivity contribution >= 4 is 50.6 Å². The van der Waals surface area contributed by atoms with Crippen molar-refractivity contribution < 1.29 is 8.42 Å². The Morgan fingerprint density at radius 3 is 2.26 bits per heavy atom. The first-order valence-corrected chi connectivity index (χ1v) is 10.7. The molecular formula is C18H16Cl3N3O2S. The van der Waals surface area contributed by atoms with Gasteiger partial charge in [-0.2, -0.15) is 5.10 Å². The number of nitrogens with zero attached hydrogens (tertiary/aromatic N) is 2. The highest BCUT2D eigenvalue weighted by Crippen LogP contribution is 2.26. The van der Waals surface area contributed by atoms with E-state index in [4.69, 9.17) is 34.8 Å². The Balaban J connectivity index is 1.80. The van der Waals surface area contributed by atoms with Crippen LogP contribution in [0, 0.1) is 0 Å². The van der Waals surface area contributed by atoms with Crippen LogP contribution < -0.4 is 4.72 Å². The van der Waals surface area contributed by atoms with E-state index in [0.717, 1.165) is 17.5 Å². The van der Waals surface area contributed by atoms with Crippen LogP contribution >= 0.6 is 34.8 Å². The van der Waals surface area contributed by atoms with Crippen LogP contribution in [0.5, 0.6) is 0 Å². The van der Waals surface area contributed by atoms with Crippen LogP contribution in [0.4, 0.5) is 5.82 Å². The minimum atomic E-state index is -3.78. The number of nitrogens with one attached hydrogen (secondary N) is 1. The highest BCUT2D eigenvalue weighted by Gasteiger charge is 2.18. The van der Waals surface area contributed by atoms with E-state index >= 15 is 0 Å². The third-order valence-corrected chi connectivity index (χ3v) is 6.29. The van der Waals surface area contributed by atoms with Gasteiger partial charge >= 0.3 is 0 Å².